The molecule has 0 radical (unpaired) electrons. The maximum atomic E-state index is 12.8. The number of aryl methyl sites for hydroxylation is 1. The van der Waals surface area contributed by atoms with Crippen molar-refractivity contribution in [2.45, 2.75) is 84.1 Å². The average Bonchev–Trinajstić information content (AvgIpc) is 3.29. The molecule has 1 aliphatic heterocycles. The van der Waals surface area contributed by atoms with Crippen molar-refractivity contribution in [3.63, 3.8) is 0 Å². The van der Waals surface area contributed by atoms with Gasteiger partial charge in [0, 0.05) is 6.54 Å². The van der Waals surface area contributed by atoms with Crippen LogP contribution in [0.25, 0.3) is 11.2 Å². The van der Waals surface area contributed by atoms with Crippen LogP contribution in [0.1, 0.15) is 75.8 Å². The Balaban J connectivity index is 1.43. The number of methoxy groups -OCH3 is 1. The van der Waals surface area contributed by atoms with Crippen molar-refractivity contribution in [3.8, 4) is 6.01 Å². The lowest BCUT2D eigenvalue weighted by Gasteiger charge is -2.27. The number of imidazole rings is 1. The lowest BCUT2D eigenvalue weighted by Crippen LogP contribution is -2.30. The number of nitrogens with one attached hydrogen (secondary N) is 1. The zero-order chi connectivity index (χ0) is 29.0. The van der Waals surface area contributed by atoms with Crippen LogP contribution < -0.4 is 16.2 Å². The largest absolute Gasteiger partial charge is 0.469 e. The van der Waals surface area contributed by atoms with Crippen LogP contribution in [0.15, 0.2) is 29.1 Å². The summed E-state index contributed by atoms with van der Waals surface area (Å²) in [7, 11) is 1.42. The van der Waals surface area contributed by atoms with E-state index in [4.69, 9.17) is 15.2 Å². The van der Waals surface area contributed by atoms with Crippen molar-refractivity contribution < 1.29 is 14.3 Å². The Bertz CT molecular complexity index is 1310. The highest BCUT2D eigenvalue weighted by Crippen LogP contribution is 2.23. The first-order valence-corrected chi connectivity index (χ1v) is 15.2. The molecule has 1 fully saturated rings. The molecule has 1 unspecified atom stereocenters. The smallest absolute Gasteiger partial charge is 0.327 e. The van der Waals surface area contributed by atoms with Gasteiger partial charge in [-0.25, -0.2) is 4.79 Å². The first kappa shape index (κ1) is 30.6. The van der Waals surface area contributed by atoms with Gasteiger partial charge in [-0.2, -0.15) is 9.97 Å². The van der Waals surface area contributed by atoms with E-state index in [-0.39, 0.29) is 29.9 Å². The Labute approximate surface area is 242 Å². The van der Waals surface area contributed by atoms with Crippen molar-refractivity contribution in [1.82, 2.24) is 24.4 Å². The number of aromatic amines is 1. The number of nitrogen functional groups attached to an aromatic ring is 1. The molecule has 3 aromatic rings. The van der Waals surface area contributed by atoms with Gasteiger partial charge in [0.05, 0.1) is 20.1 Å². The van der Waals surface area contributed by atoms with E-state index in [1.807, 2.05) is 12.1 Å². The number of benzene rings is 1. The van der Waals surface area contributed by atoms with Crippen LogP contribution in [0.2, 0.25) is 0 Å². The highest BCUT2D eigenvalue weighted by molar-refractivity contribution is 5.81. The van der Waals surface area contributed by atoms with Gasteiger partial charge in [-0.3, -0.25) is 9.36 Å². The molecule has 0 bridgehead atoms. The quantitative estimate of drug-likeness (QED) is 0.192. The van der Waals surface area contributed by atoms with Crippen molar-refractivity contribution >= 4 is 23.0 Å². The minimum absolute atomic E-state index is 0.207. The van der Waals surface area contributed by atoms with E-state index in [0.29, 0.717) is 30.2 Å². The molecule has 0 amide bonds. The topological polar surface area (TPSA) is 128 Å². The summed E-state index contributed by atoms with van der Waals surface area (Å²) in [6.07, 6.45) is 11.1. The Morgan fingerprint density at radius 3 is 2.59 bits per heavy atom. The Hall–Kier alpha value is -3.40. The van der Waals surface area contributed by atoms with Crippen LogP contribution in [-0.2, 0) is 28.9 Å². The molecule has 1 atom stereocenters. The van der Waals surface area contributed by atoms with E-state index < -0.39 is 0 Å². The minimum atomic E-state index is -0.233. The van der Waals surface area contributed by atoms with Crippen molar-refractivity contribution in [1.29, 1.82) is 0 Å². The predicted molar refractivity (Wildman–Crippen MR) is 161 cm³/mol. The van der Waals surface area contributed by atoms with Gasteiger partial charge in [0.15, 0.2) is 11.5 Å². The van der Waals surface area contributed by atoms with Crippen LogP contribution in [0.4, 0.5) is 5.82 Å². The number of anilines is 1. The van der Waals surface area contributed by atoms with Crippen LogP contribution >= 0.6 is 0 Å². The molecule has 4 rings (SSSR count). The number of likely N-dealkylation sites (tertiary alicyclic amines) is 1. The first-order chi connectivity index (χ1) is 20.0. The number of unbranched alkanes of at least 4 members (excludes halogenated alkanes) is 1. The van der Waals surface area contributed by atoms with Crippen molar-refractivity contribution in [2.75, 3.05) is 39.1 Å². The molecule has 2 aromatic heterocycles. The number of H-pyrrole nitrogens is 1. The van der Waals surface area contributed by atoms with E-state index in [1.54, 1.807) is 4.57 Å². The molecule has 0 saturated carbocycles. The summed E-state index contributed by atoms with van der Waals surface area (Å²) in [5, 5.41) is 0. The highest BCUT2D eigenvalue weighted by Gasteiger charge is 2.17. The summed E-state index contributed by atoms with van der Waals surface area (Å²) in [5.74, 6) is 0.453. The third-order valence-corrected chi connectivity index (χ3v) is 7.98. The number of esters is 1. The van der Waals surface area contributed by atoms with Gasteiger partial charge >= 0.3 is 17.7 Å². The summed E-state index contributed by atoms with van der Waals surface area (Å²) in [5.41, 5.74) is 9.05. The molecule has 10 heteroatoms. The molecule has 1 aliphatic rings. The average molecular weight is 567 g/mol. The van der Waals surface area contributed by atoms with E-state index >= 15 is 0 Å². The number of aromatic nitrogens is 4. The number of nitrogens with zero attached hydrogens (tertiary/aromatic N) is 4. The number of carbonyl (C=O) groups is 1. The van der Waals surface area contributed by atoms with E-state index in [2.05, 4.69) is 38.9 Å². The Morgan fingerprint density at radius 1 is 1.07 bits per heavy atom. The number of hydrogen-bond donors (Lipinski definition) is 2. The summed E-state index contributed by atoms with van der Waals surface area (Å²) in [6, 6.07) is 8.47. The molecule has 0 spiro atoms. The van der Waals surface area contributed by atoms with Gasteiger partial charge in [0.2, 0.25) is 0 Å². The van der Waals surface area contributed by atoms with Gasteiger partial charge in [0.25, 0.3) is 0 Å². The van der Waals surface area contributed by atoms with Crippen LogP contribution in [0, 0.1) is 5.92 Å². The van der Waals surface area contributed by atoms with Crippen LogP contribution in [0.3, 0.4) is 0 Å². The molecular formula is C31H46N6O4. The summed E-state index contributed by atoms with van der Waals surface area (Å²) >= 11 is 0. The maximum absolute atomic E-state index is 12.8. The van der Waals surface area contributed by atoms with Gasteiger partial charge in [-0.05, 0) is 88.0 Å². The monoisotopic (exact) mass is 566 g/mol. The molecule has 224 valence electrons. The van der Waals surface area contributed by atoms with E-state index in [1.165, 1.54) is 45.0 Å². The van der Waals surface area contributed by atoms with Gasteiger partial charge in [0.1, 0.15) is 5.52 Å². The summed E-state index contributed by atoms with van der Waals surface area (Å²) in [6.45, 7) is 6.69. The zero-order valence-electron chi connectivity index (χ0n) is 24.7. The molecular weight excluding hydrogens is 520 g/mol. The van der Waals surface area contributed by atoms with Crippen LogP contribution in [-0.4, -0.2) is 63.7 Å². The van der Waals surface area contributed by atoms with Gasteiger partial charge in [-0.15, -0.1) is 0 Å². The van der Waals surface area contributed by atoms with Crippen LogP contribution in [0.5, 0.6) is 6.01 Å². The third-order valence-electron chi connectivity index (χ3n) is 7.98. The zero-order valence-corrected chi connectivity index (χ0v) is 24.7. The normalized spacial score (nSPS) is 14.8. The molecule has 10 nitrogen and oxygen atoms in total. The predicted octanol–water partition coefficient (Wildman–Crippen LogP) is 4.50. The summed E-state index contributed by atoms with van der Waals surface area (Å²) < 4.78 is 12.2. The van der Waals surface area contributed by atoms with Gasteiger partial charge in [-0.1, -0.05) is 44.0 Å². The second-order valence-electron chi connectivity index (χ2n) is 11.2. The highest BCUT2D eigenvalue weighted by atomic mass is 16.5. The molecule has 1 saturated heterocycles. The number of ether oxygens (including phenoxy) is 2. The van der Waals surface area contributed by atoms with E-state index in [9.17, 15) is 9.59 Å². The number of fused-ring (bicyclic) bond motifs is 1. The molecule has 3 N–H and O–H groups in total. The fourth-order valence-corrected chi connectivity index (χ4v) is 5.72. The molecule has 1 aromatic carbocycles. The molecule has 41 heavy (non-hydrogen) atoms. The third kappa shape index (κ3) is 9.05. The number of hydrogen-bond acceptors (Lipinski definition) is 8. The minimum Gasteiger partial charge on any atom is -0.469 e. The number of nitrogens with two attached hydrogens (primary N) is 1. The fraction of sp³-hybridized carbons (Fsp3) is 0.613. The number of rotatable bonds is 16. The number of carbonyl (C=O) groups excluding carboxylic acids is 1. The van der Waals surface area contributed by atoms with Gasteiger partial charge < -0.3 is 25.1 Å². The number of piperidine rings is 1. The van der Waals surface area contributed by atoms with Crippen molar-refractivity contribution in [3.05, 3.63) is 45.9 Å². The van der Waals surface area contributed by atoms with Crippen molar-refractivity contribution in [2.24, 2.45) is 5.92 Å². The fourth-order valence-electron chi connectivity index (χ4n) is 5.72. The Morgan fingerprint density at radius 2 is 1.83 bits per heavy atom. The first-order valence-electron chi connectivity index (χ1n) is 15.2. The second-order valence-corrected chi connectivity index (χ2v) is 11.2. The molecule has 0 aliphatic carbocycles. The lowest BCUT2D eigenvalue weighted by atomic mass is 9.89. The molecule has 3 heterocycles. The van der Waals surface area contributed by atoms with E-state index in [0.717, 1.165) is 57.1 Å². The second kappa shape index (κ2) is 15.6. The lowest BCUT2D eigenvalue weighted by molar-refractivity contribution is -0.139. The standard InChI is InChI=1S/C31H46N6O4/c1-3-4-19-41-30-34-28(32)27-29(35-30)37(31(39)33-27)18-10-14-23(13-9-17-36-15-6-5-7-16-36)20-24-11-8-12-25(21-24)22-26(38)40-2/h8,11-12,21,23H,3-7,9-10,13-20,22H2,1-2H3,(H,33,39)(H2,32,34,35). The Kier molecular flexibility index (Phi) is 11.6. The SMILES string of the molecule is CCCCOc1nc(N)c2[nH]c(=O)n(CCCC(CCCN3CCCCC3)Cc3cccc(CC(=O)OC)c3)c2n1. The maximum Gasteiger partial charge on any atom is 0.327 e. The summed E-state index contributed by atoms with van der Waals surface area (Å²) in [4.78, 5) is 38.8.